The van der Waals surface area contributed by atoms with Crippen LogP contribution in [0.3, 0.4) is 0 Å². The molecule has 3 N–H and O–H groups in total. The van der Waals surface area contributed by atoms with Gasteiger partial charge < -0.3 is 10.3 Å². The predicted octanol–water partition coefficient (Wildman–Crippen LogP) is 1.23. The molecule has 0 saturated heterocycles. The van der Waals surface area contributed by atoms with Crippen LogP contribution in [0.1, 0.15) is 24.2 Å². The van der Waals surface area contributed by atoms with Gasteiger partial charge in [0.15, 0.2) is 11.6 Å². The lowest BCUT2D eigenvalue weighted by atomic mass is 10.1. The lowest BCUT2D eigenvalue weighted by molar-refractivity contribution is 0.0774. The number of carbonyl (C=O) groups excluding carboxylic acids is 1. The molecular weight excluding hydrogens is 223 g/mol. The van der Waals surface area contributed by atoms with E-state index in [1.807, 2.05) is 13.8 Å². The Kier molecular flexibility index (Phi) is 4.39. The number of nitrogens with two attached hydrogens (primary N) is 1. The summed E-state index contributed by atoms with van der Waals surface area (Å²) in [5.74, 6) is 4.18. The van der Waals surface area contributed by atoms with E-state index in [-0.39, 0.29) is 17.3 Å². The Hall–Kier alpha value is -1.69. The number of pyridine rings is 1. The molecule has 0 spiro atoms. The molecule has 94 valence electrons. The van der Waals surface area contributed by atoms with Crippen LogP contribution in [-0.4, -0.2) is 29.4 Å². The molecule has 5 nitrogen and oxygen atoms in total. The highest BCUT2D eigenvalue weighted by Gasteiger charge is 2.19. The Morgan fingerprint density at radius 3 is 2.82 bits per heavy atom. The van der Waals surface area contributed by atoms with Gasteiger partial charge >= 0.3 is 0 Å². The normalized spacial score (nSPS) is 10.5. The molecule has 1 amide bonds. The molecule has 6 heteroatoms. The highest BCUT2D eigenvalue weighted by molar-refractivity contribution is 5.95. The summed E-state index contributed by atoms with van der Waals surface area (Å²) in [6.45, 7) is 4.53. The van der Waals surface area contributed by atoms with Crippen LogP contribution >= 0.6 is 0 Å². The van der Waals surface area contributed by atoms with Gasteiger partial charge in [-0.3, -0.25) is 4.79 Å². The zero-order valence-electron chi connectivity index (χ0n) is 10.2. The number of hydrazine groups is 1. The van der Waals surface area contributed by atoms with Crippen LogP contribution in [0.25, 0.3) is 0 Å². The number of hydrogen-bond donors (Lipinski definition) is 2. The highest BCUT2D eigenvalue weighted by atomic mass is 19.1. The molecule has 0 fully saturated rings. The maximum atomic E-state index is 13.8. The molecular formula is C11H17FN4O. The number of amides is 1. The first-order valence-corrected chi connectivity index (χ1v) is 5.34. The van der Waals surface area contributed by atoms with E-state index < -0.39 is 5.82 Å². The van der Waals surface area contributed by atoms with Crippen LogP contribution in [0.5, 0.6) is 0 Å². The third kappa shape index (κ3) is 3.13. The monoisotopic (exact) mass is 240 g/mol. The molecule has 1 aromatic rings. The molecule has 0 bridgehead atoms. The number of anilines is 1. The van der Waals surface area contributed by atoms with Gasteiger partial charge in [-0.1, -0.05) is 13.8 Å². The number of rotatable bonds is 4. The van der Waals surface area contributed by atoms with Crippen molar-refractivity contribution in [1.82, 2.24) is 9.88 Å². The second kappa shape index (κ2) is 5.58. The second-order valence-corrected chi connectivity index (χ2v) is 4.24. The topological polar surface area (TPSA) is 71.2 Å². The van der Waals surface area contributed by atoms with Crippen molar-refractivity contribution in [1.29, 1.82) is 0 Å². The van der Waals surface area contributed by atoms with Crippen molar-refractivity contribution in [2.24, 2.45) is 11.8 Å². The number of nitrogens with zero attached hydrogens (tertiary/aromatic N) is 2. The SMILES string of the molecule is CC(C)CN(C)C(=O)c1ccnc(NN)c1F. The highest BCUT2D eigenvalue weighted by Crippen LogP contribution is 2.15. The van der Waals surface area contributed by atoms with Crippen molar-refractivity contribution in [3.05, 3.63) is 23.6 Å². The smallest absolute Gasteiger partial charge is 0.256 e. The van der Waals surface area contributed by atoms with Crippen molar-refractivity contribution in [2.75, 3.05) is 19.0 Å². The van der Waals surface area contributed by atoms with Gasteiger partial charge in [-0.15, -0.1) is 0 Å². The molecule has 0 aliphatic carbocycles. The number of aromatic nitrogens is 1. The molecule has 0 aliphatic rings. The van der Waals surface area contributed by atoms with Crippen LogP contribution in [0, 0.1) is 11.7 Å². The van der Waals surface area contributed by atoms with Crippen LogP contribution in [0.15, 0.2) is 12.3 Å². The predicted molar refractivity (Wildman–Crippen MR) is 63.8 cm³/mol. The molecule has 1 rings (SSSR count). The van der Waals surface area contributed by atoms with Gasteiger partial charge in [-0.25, -0.2) is 15.2 Å². The average Bonchev–Trinajstić information content (AvgIpc) is 2.27. The van der Waals surface area contributed by atoms with Gasteiger partial charge in [0.05, 0.1) is 5.56 Å². The number of halogens is 1. The maximum Gasteiger partial charge on any atom is 0.256 e. The summed E-state index contributed by atoms with van der Waals surface area (Å²) in [4.78, 5) is 17.1. The van der Waals surface area contributed by atoms with E-state index in [9.17, 15) is 9.18 Å². The van der Waals surface area contributed by atoms with Gasteiger partial charge in [0.1, 0.15) is 0 Å². The summed E-state index contributed by atoms with van der Waals surface area (Å²) >= 11 is 0. The molecule has 0 aliphatic heterocycles. The molecule has 0 radical (unpaired) electrons. The summed E-state index contributed by atoms with van der Waals surface area (Å²) in [7, 11) is 1.64. The summed E-state index contributed by atoms with van der Waals surface area (Å²) in [5.41, 5.74) is 2.08. The van der Waals surface area contributed by atoms with Crippen LogP contribution in [0.2, 0.25) is 0 Å². The Balaban J connectivity index is 2.96. The van der Waals surface area contributed by atoms with Gasteiger partial charge in [0.25, 0.3) is 5.91 Å². The number of nitrogens with one attached hydrogen (secondary N) is 1. The summed E-state index contributed by atoms with van der Waals surface area (Å²) in [5, 5.41) is 0. The zero-order chi connectivity index (χ0) is 13.0. The largest absolute Gasteiger partial charge is 0.341 e. The molecule has 0 atom stereocenters. The minimum atomic E-state index is -0.726. The fourth-order valence-electron chi connectivity index (χ4n) is 1.55. The maximum absolute atomic E-state index is 13.8. The van der Waals surface area contributed by atoms with Gasteiger partial charge in [-0.05, 0) is 12.0 Å². The van der Waals surface area contributed by atoms with E-state index >= 15 is 0 Å². The zero-order valence-corrected chi connectivity index (χ0v) is 10.2. The van der Waals surface area contributed by atoms with E-state index in [0.29, 0.717) is 12.5 Å². The third-order valence-corrected chi connectivity index (χ3v) is 2.24. The standard InChI is InChI=1S/C11H17FN4O/c1-7(2)6-16(3)11(17)8-4-5-14-10(15-13)9(8)12/h4-5,7H,6,13H2,1-3H3,(H,14,15). The van der Waals surface area contributed by atoms with Gasteiger partial charge in [-0.2, -0.15) is 0 Å². The Morgan fingerprint density at radius 1 is 1.65 bits per heavy atom. The molecule has 0 saturated carbocycles. The van der Waals surface area contributed by atoms with Crippen molar-refractivity contribution >= 4 is 11.7 Å². The lowest BCUT2D eigenvalue weighted by Gasteiger charge is -2.19. The first-order chi connectivity index (χ1) is 7.97. The summed E-state index contributed by atoms with van der Waals surface area (Å²) < 4.78 is 13.8. The third-order valence-electron chi connectivity index (χ3n) is 2.24. The Morgan fingerprint density at radius 2 is 2.29 bits per heavy atom. The molecule has 1 aromatic heterocycles. The molecule has 17 heavy (non-hydrogen) atoms. The molecule has 0 unspecified atom stereocenters. The van der Waals surface area contributed by atoms with Crippen LogP contribution in [-0.2, 0) is 0 Å². The lowest BCUT2D eigenvalue weighted by Crippen LogP contribution is -2.31. The van der Waals surface area contributed by atoms with E-state index in [4.69, 9.17) is 5.84 Å². The van der Waals surface area contributed by atoms with E-state index in [2.05, 4.69) is 10.4 Å². The van der Waals surface area contributed by atoms with E-state index in [1.54, 1.807) is 7.05 Å². The molecule has 0 aromatic carbocycles. The first kappa shape index (κ1) is 13.4. The number of carbonyl (C=O) groups is 1. The Labute approximate surface area is 99.8 Å². The van der Waals surface area contributed by atoms with Crippen molar-refractivity contribution in [3.63, 3.8) is 0 Å². The minimum Gasteiger partial charge on any atom is -0.341 e. The van der Waals surface area contributed by atoms with Crippen LogP contribution in [0.4, 0.5) is 10.2 Å². The Bertz CT molecular complexity index is 408. The number of hydrogen-bond acceptors (Lipinski definition) is 4. The fourth-order valence-corrected chi connectivity index (χ4v) is 1.55. The van der Waals surface area contributed by atoms with Gasteiger partial charge in [0.2, 0.25) is 0 Å². The van der Waals surface area contributed by atoms with Gasteiger partial charge in [0, 0.05) is 19.8 Å². The second-order valence-electron chi connectivity index (χ2n) is 4.24. The van der Waals surface area contributed by atoms with Crippen molar-refractivity contribution in [3.8, 4) is 0 Å². The average molecular weight is 240 g/mol. The minimum absolute atomic E-state index is 0.0314. The van der Waals surface area contributed by atoms with E-state index in [1.165, 1.54) is 17.2 Å². The number of nitrogen functional groups attached to an aromatic ring is 1. The van der Waals surface area contributed by atoms with E-state index in [0.717, 1.165) is 0 Å². The quantitative estimate of drug-likeness (QED) is 0.613. The summed E-state index contributed by atoms with van der Waals surface area (Å²) in [6.07, 6.45) is 1.34. The van der Waals surface area contributed by atoms with Crippen molar-refractivity contribution in [2.45, 2.75) is 13.8 Å². The van der Waals surface area contributed by atoms with Crippen LogP contribution < -0.4 is 11.3 Å². The fraction of sp³-hybridized carbons (Fsp3) is 0.455. The summed E-state index contributed by atoms with van der Waals surface area (Å²) in [6, 6.07) is 1.34. The molecule has 1 heterocycles. The first-order valence-electron chi connectivity index (χ1n) is 5.34. The van der Waals surface area contributed by atoms with Crippen molar-refractivity contribution < 1.29 is 9.18 Å².